The van der Waals surface area contributed by atoms with Crippen LogP contribution in [0, 0.1) is 0 Å². The lowest BCUT2D eigenvalue weighted by molar-refractivity contribution is -0.115. The largest absolute Gasteiger partial charge is 0.324 e. The number of carbonyl (C=O) groups excluding carboxylic acids is 1. The van der Waals surface area contributed by atoms with Gasteiger partial charge < -0.3 is 9.88 Å². The minimum atomic E-state index is -0.0131. The number of benzene rings is 2. The molecule has 0 radical (unpaired) electrons. The maximum absolute atomic E-state index is 12.2. The molecule has 3 aromatic rings. The molecule has 0 aliphatic heterocycles. The Morgan fingerprint density at radius 1 is 0.857 bits per heavy atom. The number of rotatable bonds is 4. The highest BCUT2D eigenvalue weighted by atomic mass is 16.1. The molecule has 0 fully saturated rings. The molecule has 1 aromatic heterocycles. The molecule has 1 heterocycles. The normalized spacial score (nSPS) is 10.3. The van der Waals surface area contributed by atoms with E-state index in [-0.39, 0.29) is 5.91 Å². The molecule has 0 spiro atoms. The minimum Gasteiger partial charge on any atom is -0.324 e. The zero-order valence-corrected chi connectivity index (χ0v) is 11.6. The fourth-order valence-corrected chi connectivity index (χ4v) is 2.28. The van der Waals surface area contributed by atoms with Gasteiger partial charge in [0.2, 0.25) is 5.91 Å². The number of hydrogen-bond donors (Lipinski definition) is 1. The Kier molecular flexibility index (Phi) is 3.83. The summed E-state index contributed by atoms with van der Waals surface area (Å²) in [5.74, 6) is -0.0131. The summed E-state index contributed by atoms with van der Waals surface area (Å²) in [5.41, 5.74) is 2.78. The van der Waals surface area contributed by atoms with Crippen molar-refractivity contribution in [1.82, 2.24) is 4.57 Å². The van der Waals surface area contributed by atoms with Crippen LogP contribution in [-0.4, -0.2) is 10.5 Å². The Bertz CT molecular complexity index is 718. The zero-order valence-electron chi connectivity index (χ0n) is 11.6. The standard InChI is InChI=1S/C18H16N2O/c21-18(14-15-8-2-1-3-9-15)19-16-10-4-5-11-17(16)20-12-6-7-13-20/h1-13H,14H2,(H,19,21). The second-order valence-corrected chi connectivity index (χ2v) is 4.82. The smallest absolute Gasteiger partial charge is 0.228 e. The molecule has 0 atom stereocenters. The summed E-state index contributed by atoms with van der Waals surface area (Å²) in [7, 11) is 0. The van der Waals surface area contributed by atoms with Crippen molar-refractivity contribution in [3.05, 3.63) is 84.7 Å². The minimum absolute atomic E-state index is 0.0131. The molecule has 0 saturated heterocycles. The lowest BCUT2D eigenvalue weighted by Crippen LogP contribution is -2.15. The third kappa shape index (κ3) is 3.20. The fraction of sp³-hybridized carbons (Fsp3) is 0.0556. The number of nitrogens with one attached hydrogen (secondary N) is 1. The van der Waals surface area contributed by atoms with Gasteiger partial charge in [-0.3, -0.25) is 4.79 Å². The van der Waals surface area contributed by atoms with Gasteiger partial charge in [0.15, 0.2) is 0 Å². The molecule has 1 N–H and O–H groups in total. The number of carbonyl (C=O) groups is 1. The van der Waals surface area contributed by atoms with Crippen molar-refractivity contribution < 1.29 is 4.79 Å². The van der Waals surface area contributed by atoms with Crippen molar-refractivity contribution in [3.8, 4) is 5.69 Å². The van der Waals surface area contributed by atoms with Crippen molar-refractivity contribution in [3.63, 3.8) is 0 Å². The molecule has 2 aromatic carbocycles. The van der Waals surface area contributed by atoms with E-state index in [4.69, 9.17) is 0 Å². The van der Waals surface area contributed by atoms with Crippen LogP contribution in [0.1, 0.15) is 5.56 Å². The Hall–Kier alpha value is -2.81. The molecule has 21 heavy (non-hydrogen) atoms. The summed E-state index contributed by atoms with van der Waals surface area (Å²) in [4.78, 5) is 12.2. The summed E-state index contributed by atoms with van der Waals surface area (Å²) in [6.45, 7) is 0. The molecule has 104 valence electrons. The van der Waals surface area contributed by atoms with Crippen LogP contribution in [0.25, 0.3) is 5.69 Å². The van der Waals surface area contributed by atoms with Crippen molar-refractivity contribution >= 4 is 11.6 Å². The molecule has 0 aliphatic carbocycles. The van der Waals surface area contributed by atoms with Crippen molar-refractivity contribution in [2.24, 2.45) is 0 Å². The number of anilines is 1. The van der Waals surface area contributed by atoms with Gasteiger partial charge in [0.1, 0.15) is 0 Å². The van der Waals surface area contributed by atoms with Gasteiger partial charge in [0, 0.05) is 12.4 Å². The van der Waals surface area contributed by atoms with Gasteiger partial charge in [-0.25, -0.2) is 0 Å². The predicted molar refractivity (Wildman–Crippen MR) is 84.5 cm³/mol. The molecule has 3 heteroatoms. The number of amides is 1. The SMILES string of the molecule is O=C(Cc1ccccc1)Nc1ccccc1-n1cccc1. The van der Waals surface area contributed by atoms with Crippen molar-refractivity contribution in [2.75, 3.05) is 5.32 Å². The van der Waals surface area contributed by atoms with Crippen LogP contribution in [0.4, 0.5) is 5.69 Å². The number of nitrogens with zero attached hydrogens (tertiary/aromatic N) is 1. The van der Waals surface area contributed by atoms with E-state index in [0.717, 1.165) is 16.9 Å². The Morgan fingerprint density at radius 3 is 2.29 bits per heavy atom. The molecule has 0 bridgehead atoms. The first-order valence-electron chi connectivity index (χ1n) is 6.89. The average Bonchev–Trinajstić information content (AvgIpc) is 3.03. The summed E-state index contributed by atoms with van der Waals surface area (Å²) in [6.07, 6.45) is 4.30. The van der Waals surface area contributed by atoms with E-state index in [2.05, 4.69) is 5.32 Å². The van der Waals surface area contributed by atoms with Crippen LogP contribution in [0.15, 0.2) is 79.1 Å². The highest BCUT2D eigenvalue weighted by Crippen LogP contribution is 2.20. The van der Waals surface area contributed by atoms with Gasteiger partial charge in [0.25, 0.3) is 0 Å². The molecule has 0 unspecified atom stereocenters. The van der Waals surface area contributed by atoms with Crippen LogP contribution >= 0.6 is 0 Å². The van der Waals surface area contributed by atoms with E-state index in [1.54, 1.807) is 0 Å². The monoisotopic (exact) mass is 276 g/mol. The highest BCUT2D eigenvalue weighted by Gasteiger charge is 2.08. The van der Waals surface area contributed by atoms with Gasteiger partial charge in [-0.15, -0.1) is 0 Å². The third-order valence-electron chi connectivity index (χ3n) is 3.27. The maximum Gasteiger partial charge on any atom is 0.228 e. The topological polar surface area (TPSA) is 34.0 Å². The summed E-state index contributed by atoms with van der Waals surface area (Å²) >= 11 is 0. The molecule has 3 nitrogen and oxygen atoms in total. The van der Waals surface area contributed by atoms with Crippen LogP contribution in [-0.2, 0) is 11.2 Å². The third-order valence-corrected chi connectivity index (χ3v) is 3.27. The van der Waals surface area contributed by atoms with Crippen molar-refractivity contribution in [1.29, 1.82) is 0 Å². The first-order chi connectivity index (χ1) is 10.3. The van der Waals surface area contributed by atoms with Crippen molar-refractivity contribution in [2.45, 2.75) is 6.42 Å². The quantitative estimate of drug-likeness (QED) is 0.775. The lowest BCUT2D eigenvalue weighted by Gasteiger charge is -2.12. The molecular formula is C18H16N2O. The predicted octanol–water partition coefficient (Wildman–Crippen LogP) is 3.66. The summed E-state index contributed by atoms with van der Waals surface area (Å²) in [5, 5.41) is 2.99. The molecule has 1 amide bonds. The zero-order chi connectivity index (χ0) is 14.5. The van der Waals surface area contributed by atoms with E-state index < -0.39 is 0 Å². The Morgan fingerprint density at radius 2 is 1.52 bits per heavy atom. The molecular weight excluding hydrogens is 260 g/mol. The first-order valence-corrected chi connectivity index (χ1v) is 6.89. The van der Waals surface area contributed by atoms with Crippen LogP contribution in [0.5, 0.6) is 0 Å². The second kappa shape index (κ2) is 6.09. The van der Waals surface area contributed by atoms with E-state index in [1.165, 1.54) is 0 Å². The lowest BCUT2D eigenvalue weighted by atomic mass is 10.1. The molecule has 0 saturated carbocycles. The van der Waals surface area contributed by atoms with E-state index in [0.29, 0.717) is 6.42 Å². The van der Waals surface area contributed by atoms with E-state index in [1.807, 2.05) is 83.7 Å². The van der Waals surface area contributed by atoms with Gasteiger partial charge in [0.05, 0.1) is 17.8 Å². The first kappa shape index (κ1) is 13.2. The molecule has 3 rings (SSSR count). The van der Waals surface area contributed by atoms with Crippen LogP contribution in [0.3, 0.4) is 0 Å². The Balaban J connectivity index is 1.78. The van der Waals surface area contributed by atoms with Gasteiger partial charge in [-0.05, 0) is 29.8 Å². The van der Waals surface area contributed by atoms with Gasteiger partial charge >= 0.3 is 0 Å². The Labute approximate surface area is 123 Å². The number of hydrogen-bond acceptors (Lipinski definition) is 1. The van der Waals surface area contributed by atoms with Crippen LogP contribution in [0.2, 0.25) is 0 Å². The summed E-state index contributed by atoms with van der Waals surface area (Å²) in [6, 6.07) is 21.4. The number of aromatic nitrogens is 1. The van der Waals surface area contributed by atoms with Crippen LogP contribution < -0.4 is 5.32 Å². The molecule has 0 aliphatic rings. The van der Waals surface area contributed by atoms with E-state index >= 15 is 0 Å². The highest BCUT2D eigenvalue weighted by molar-refractivity contribution is 5.94. The van der Waals surface area contributed by atoms with Gasteiger partial charge in [-0.1, -0.05) is 42.5 Å². The van der Waals surface area contributed by atoms with E-state index in [9.17, 15) is 4.79 Å². The average molecular weight is 276 g/mol. The number of para-hydroxylation sites is 2. The fourth-order valence-electron chi connectivity index (χ4n) is 2.28. The summed E-state index contributed by atoms with van der Waals surface area (Å²) < 4.78 is 1.98. The second-order valence-electron chi connectivity index (χ2n) is 4.82. The van der Waals surface area contributed by atoms with Gasteiger partial charge in [-0.2, -0.15) is 0 Å². The maximum atomic E-state index is 12.2.